The van der Waals surface area contributed by atoms with Crippen LogP contribution in [0.5, 0.6) is 0 Å². The highest BCUT2D eigenvalue weighted by Gasteiger charge is 2.27. The number of carbonyl (C=O) groups is 1. The molecule has 2 aliphatic heterocycles. The van der Waals surface area contributed by atoms with Crippen molar-refractivity contribution < 1.29 is 14.3 Å². The van der Waals surface area contributed by atoms with Gasteiger partial charge in [-0.05, 0) is 57.7 Å². The number of hydrogen-bond acceptors (Lipinski definition) is 5. The monoisotopic (exact) mass is 392 g/mol. The Morgan fingerprint density at radius 1 is 1.29 bits per heavy atom. The van der Waals surface area contributed by atoms with Crippen LogP contribution in [0.2, 0.25) is 0 Å². The Hall–Kier alpha value is -1.44. The van der Waals surface area contributed by atoms with Crippen LogP contribution in [0.25, 0.3) is 0 Å². The van der Waals surface area contributed by atoms with Gasteiger partial charge in [0.25, 0.3) is 0 Å². The minimum Gasteiger partial charge on any atom is -0.383 e. The quantitative estimate of drug-likeness (QED) is 0.609. The highest BCUT2D eigenvalue weighted by molar-refractivity contribution is 5.76. The van der Waals surface area contributed by atoms with Crippen molar-refractivity contribution in [3.8, 4) is 0 Å². The molecule has 0 spiro atoms. The van der Waals surface area contributed by atoms with Gasteiger partial charge in [0.15, 0.2) is 0 Å². The van der Waals surface area contributed by atoms with E-state index in [1.54, 1.807) is 13.3 Å². The zero-order valence-corrected chi connectivity index (χ0v) is 17.5. The van der Waals surface area contributed by atoms with E-state index in [-0.39, 0.29) is 12.0 Å². The van der Waals surface area contributed by atoms with Crippen LogP contribution in [-0.2, 0) is 20.8 Å². The third kappa shape index (κ3) is 6.29. The van der Waals surface area contributed by atoms with Crippen LogP contribution in [0.1, 0.15) is 37.8 Å². The van der Waals surface area contributed by atoms with Crippen LogP contribution in [0, 0.1) is 12.8 Å². The number of ether oxygens (including phenoxy) is 2. The summed E-state index contributed by atoms with van der Waals surface area (Å²) in [6, 6.07) is 1.98. The van der Waals surface area contributed by atoms with E-state index in [1.807, 2.05) is 17.7 Å². The van der Waals surface area contributed by atoms with E-state index < -0.39 is 0 Å². The number of amides is 1. The molecule has 3 rings (SSSR count). The largest absolute Gasteiger partial charge is 0.383 e. The van der Waals surface area contributed by atoms with Gasteiger partial charge in [0, 0.05) is 58.2 Å². The number of aromatic nitrogens is 2. The number of hydrogen-bond donors (Lipinski definition) is 0. The average molecular weight is 393 g/mol. The highest BCUT2D eigenvalue weighted by Crippen LogP contribution is 2.21. The number of nitrogens with zero attached hydrogens (tertiary/aromatic N) is 4. The molecule has 158 valence electrons. The van der Waals surface area contributed by atoms with Crippen molar-refractivity contribution in [2.24, 2.45) is 5.92 Å². The lowest BCUT2D eigenvalue weighted by Crippen LogP contribution is -2.44. The molecule has 7 heteroatoms. The summed E-state index contributed by atoms with van der Waals surface area (Å²) in [5, 5.41) is 4.30. The lowest BCUT2D eigenvalue weighted by atomic mass is 9.95. The second-order valence-corrected chi connectivity index (χ2v) is 8.16. The first kappa shape index (κ1) is 21.3. The summed E-state index contributed by atoms with van der Waals surface area (Å²) in [7, 11) is 1.76. The lowest BCUT2D eigenvalue weighted by Gasteiger charge is -2.35. The number of rotatable bonds is 10. The molecule has 2 saturated heterocycles. The molecule has 1 aromatic rings. The van der Waals surface area contributed by atoms with Crippen LogP contribution in [-0.4, -0.2) is 84.6 Å². The molecule has 1 aromatic heterocycles. The summed E-state index contributed by atoms with van der Waals surface area (Å²) < 4.78 is 12.9. The van der Waals surface area contributed by atoms with Gasteiger partial charge >= 0.3 is 0 Å². The van der Waals surface area contributed by atoms with E-state index in [4.69, 9.17) is 9.47 Å². The molecular formula is C21H36N4O3. The van der Waals surface area contributed by atoms with Gasteiger partial charge in [-0.3, -0.25) is 9.48 Å². The first-order valence-electron chi connectivity index (χ1n) is 10.7. The Balaban J connectivity index is 1.51. The lowest BCUT2D eigenvalue weighted by molar-refractivity contribution is -0.134. The fraction of sp³-hybridized carbons (Fsp3) is 0.810. The molecule has 1 amide bonds. The highest BCUT2D eigenvalue weighted by atomic mass is 16.5. The standard InChI is InChI=1S/C21H36N4O3/c1-18-5-9-22-25(18)12-8-21(26)24(17-20-4-3-14-28-20)16-19-6-10-23(11-7-19)13-15-27-2/h5,9,19-20H,3-4,6-8,10-17H2,1-2H3. The minimum absolute atomic E-state index is 0.206. The third-order valence-electron chi connectivity index (χ3n) is 6.06. The summed E-state index contributed by atoms with van der Waals surface area (Å²) in [5.41, 5.74) is 1.10. The van der Waals surface area contributed by atoms with Gasteiger partial charge in [-0.15, -0.1) is 0 Å². The molecular weight excluding hydrogens is 356 g/mol. The summed E-state index contributed by atoms with van der Waals surface area (Å²) >= 11 is 0. The Labute approximate surface area is 169 Å². The fourth-order valence-corrected chi connectivity index (χ4v) is 4.23. The van der Waals surface area contributed by atoms with Crippen LogP contribution >= 0.6 is 0 Å². The Morgan fingerprint density at radius 3 is 2.75 bits per heavy atom. The maximum Gasteiger partial charge on any atom is 0.224 e. The van der Waals surface area contributed by atoms with Crippen molar-refractivity contribution in [2.45, 2.75) is 51.7 Å². The number of methoxy groups -OCH3 is 1. The average Bonchev–Trinajstić information content (AvgIpc) is 3.36. The molecule has 0 bridgehead atoms. The van der Waals surface area contributed by atoms with Crippen molar-refractivity contribution in [3.63, 3.8) is 0 Å². The van der Waals surface area contributed by atoms with Crippen LogP contribution < -0.4 is 0 Å². The minimum atomic E-state index is 0.206. The van der Waals surface area contributed by atoms with E-state index in [9.17, 15) is 4.79 Å². The van der Waals surface area contributed by atoms with Crippen LogP contribution in [0.15, 0.2) is 12.3 Å². The van der Waals surface area contributed by atoms with E-state index in [1.165, 1.54) is 0 Å². The van der Waals surface area contributed by atoms with Crippen molar-refractivity contribution >= 4 is 5.91 Å². The summed E-state index contributed by atoms with van der Waals surface area (Å²) in [5.74, 6) is 0.808. The van der Waals surface area contributed by atoms with Gasteiger partial charge in [0.2, 0.25) is 5.91 Å². The molecule has 28 heavy (non-hydrogen) atoms. The number of aryl methyl sites for hydroxylation is 2. The molecule has 0 N–H and O–H groups in total. The van der Waals surface area contributed by atoms with Gasteiger partial charge in [0.05, 0.1) is 12.7 Å². The molecule has 0 saturated carbocycles. The molecule has 2 fully saturated rings. The molecule has 0 aromatic carbocycles. The van der Waals surface area contributed by atoms with Gasteiger partial charge < -0.3 is 19.3 Å². The Morgan fingerprint density at radius 2 is 2.11 bits per heavy atom. The first-order chi connectivity index (χ1) is 13.7. The predicted molar refractivity (Wildman–Crippen MR) is 108 cm³/mol. The van der Waals surface area contributed by atoms with E-state index >= 15 is 0 Å². The third-order valence-corrected chi connectivity index (χ3v) is 6.06. The molecule has 2 aliphatic rings. The summed E-state index contributed by atoms with van der Waals surface area (Å²) in [6.07, 6.45) is 6.98. The molecule has 3 heterocycles. The van der Waals surface area contributed by atoms with Crippen molar-refractivity contribution in [3.05, 3.63) is 18.0 Å². The van der Waals surface area contributed by atoms with Crippen LogP contribution in [0.3, 0.4) is 0 Å². The molecule has 1 unspecified atom stereocenters. The zero-order valence-electron chi connectivity index (χ0n) is 17.5. The second kappa shape index (κ2) is 10.9. The zero-order chi connectivity index (χ0) is 19.8. The van der Waals surface area contributed by atoms with Crippen molar-refractivity contribution in [1.82, 2.24) is 19.6 Å². The van der Waals surface area contributed by atoms with Crippen molar-refractivity contribution in [1.29, 1.82) is 0 Å². The first-order valence-corrected chi connectivity index (χ1v) is 10.7. The number of carbonyl (C=O) groups excluding carboxylic acids is 1. The topological polar surface area (TPSA) is 59.8 Å². The fourth-order valence-electron chi connectivity index (χ4n) is 4.23. The van der Waals surface area contributed by atoms with E-state index in [0.29, 0.717) is 18.9 Å². The summed E-state index contributed by atoms with van der Waals surface area (Å²) in [4.78, 5) is 17.6. The normalized spacial score (nSPS) is 21.3. The maximum atomic E-state index is 13.0. The smallest absolute Gasteiger partial charge is 0.224 e. The Kier molecular flexibility index (Phi) is 8.30. The molecule has 1 atom stereocenters. The summed E-state index contributed by atoms with van der Waals surface area (Å²) in [6.45, 7) is 9.10. The van der Waals surface area contributed by atoms with Gasteiger partial charge in [-0.1, -0.05) is 0 Å². The Bertz CT molecular complexity index is 592. The van der Waals surface area contributed by atoms with Crippen LogP contribution in [0.4, 0.5) is 0 Å². The second-order valence-electron chi connectivity index (χ2n) is 8.16. The number of likely N-dealkylation sites (tertiary alicyclic amines) is 1. The predicted octanol–water partition coefficient (Wildman–Crippen LogP) is 1.95. The molecule has 7 nitrogen and oxygen atoms in total. The van der Waals surface area contributed by atoms with E-state index in [0.717, 1.165) is 77.3 Å². The van der Waals surface area contributed by atoms with Gasteiger partial charge in [-0.2, -0.15) is 5.10 Å². The maximum absolute atomic E-state index is 13.0. The number of piperidine rings is 1. The SMILES string of the molecule is COCCN1CCC(CN(CC2CCCO2)C(=O)CCn2nccc2C)CC1. The van der Waals surface area contributed by atoms with Gasteiger partial charge in [0.1, 0.15) is 0 Å². The molecule has 0 aliphatic carbocycles. The van der Waals surface area contributed by atoms with Gasteiger partial charge in [-0.25, -0.2) is 0 Å². The molecule has 0 radical (unpaired) electrons. The van der Waals surface area contributed by atoms with E-state index in [2.05, 4.69) is 14.9 Å². The van der Waals surface area contributed by atoms with Crippen molar-refractivity contribution in [2.75, 3.05) is 53.0 Å².